The molecule has 19 heteroatoms. The third kappa shape index (κ3) is 73.8. The number of carbonyl (C=O) groups is 4. The van der Waals surface area contributed by atoms with E-state index in [2.05, 4.69) is 149 Å². The summed E-state index contributed by atoms with van der Waals surface area (Å²) in [5, 5.41) is 10.6. The second-order valence-corrected chi connectivity index (χ2v) is 29.2. The van der Waals surface area contributed by atoms with E-state index < -0.39 is 97.5 Å². The molecule has 3 N–H and O–H groups in total. The quantitative estimate of drug-likeness (QED) is 0.0169. The van der Waals surface area contributed by atoms with Gasteiger partial charge < -0.3 is 33.8 Å². The smallest absolute Gasteiger partial charge is 0.462 e. The second-order valence-electron chi connectivity index (χ2n) is 26.2. The monoisotopic (exact) mass is 1470 g/mol. The van der Waals surface area contributed by atoms with Crippen LogP contribution < -0.4 is 0 Å². The molecule has 0 saturated heterocycles. The van der Waals surface area contributed by atoms with Crippen molar-refractivity contribution in [1.82, 2.24) is 0 Å². The molecule has 0 fully saturated rings. The van der Waals surface area contributed by atoms with Crippen LogP contribution in [0.1, 0.15) is 323 Å². The number of carbonyl (C=O) groups excluding carboxylic acids is 4. The molecule has 17 nitrogen and oxygen atoms in total. The van der Waals surface area contributed by atoms with E-state index >= 15 is 0 Å². The lowest BCUT2D eigenvalue weighted by Crippen LogP contribution is -2.30. The summed E-state index contributed by atoms with van der Waals surface area (Å²) in [6.45, 7) is 4.56. The minimum absolute atomic E-state index is 0.0345. The molecule has 5 unspecified atom stereocenters. The Bertz CT molecular complexity index is 2410. The number of hydrogen-bond acceptors (Lipinski definition) is 15. The average Bonchev–Trinajstić information content (AvgIpc) is 0.923. The Balaban J connectivity index is 5.42. The number of phosphoric ester groups is 2. The van der Waals surface area contributed by atoms with Crippen molar-refractivity contribution < 1.29 is 80.2 Å². The van der Waals surface area contributed by atoms with Gasteiger partial charge in [0.2, 0.25) is 0 Å². The lowest BCUT2D eigenvalue weighted by Gasteiger charge is -2.21. The first kappa shape index (κ1) is 97.5. The van der Waals surface area contributed by atoms with Gasteiger partial charge >= 0.3 is 39.5 Å². The van der Waals surface area contributed by atoms with Crippen LogP contribution in [-0.4, -0.2) is 96.7 Å². The average molecular weight is 1470 g/mol. The number of unbranched alkanes of at least 4 members (excludes halogenated alkanes) is 28. The maximum atomic E-state index is 13.1. The van der Waals surface area contributed by atoms with Crippen molar-refractivity contribution >= 4 is 39.5 Å². The Hall–Kier alpha value is -4.54. The van der Waals surface area contributed by atoms with Crippen molar-refractivity contribution in [2.75, 3.05) is 39.6 Å². The third-order valence-electron chi connectivity index (χ3n) is 16.4. The summed E-state index contributed by atoms with van der Waals surface area (Å²) in [6, 6.07) is 0. The van der Waals surface area contributed by atoms with E-state index in [9.17, 15) is 43.2 Å². The van der Waals surface area contributed by atoms with Gasteiger partial charge in [-0.2, -0.15) is 0 Å². The fraction of sp³-hybridized carbons (Fsp3) is 0.711. The fourth-order valence-corrected chi connectivity index (χ4v) is 12.0. The number of aliphatic hydroxyl groups excluding tert-OH is 1. The van der Waals surface area contributed by atoms with Gasteiger partial charge in [-0.05, 0) is 135 Å². The summed E-state index contributed by atoms with van der Waals surface area (Å²) in [4.78, 5) is 73.0. The number of aliphatic hydroxyl groups is 1. The lowest BCUT2D eigenvalue weighted by molar-refractivity contribution is -0.161. The van der Waals surface area contributed by atoms with Crippen LogP contribution in [-0.2, 0) is 65.4 Å². The van der Waals surface area contributed by atoms with Crippen molar-refractivity contribution in [3.8, 4) is 0 Å². The maximum absolute atomic E-state index is 13.1. The van der Waals surface area contributed by atoms with Gasteiger partial charge in [0.05, 0.1) is 26.4 Å². The van der Waals surface area contributed by atoms with E-state index in [1.165, 1.54) is 83.5 Å². The van der Waals surface area contributed by atoms with Gasteiger partial charge in [0.25, 0.3) is 0 Å². The molecule has 0 aliphatic carbocycles. The molecule has 5 atom stereocenters. The van der Waals surface area contributed by atoms with E-state index in [4.69, 9.17) is 37.0 Å². The van der Waals surface area contributed by atoms with Crippen molar-refractivity contribution in [2.24, 2.45) is 0 Å². The zero-order valence-corrected chi connectivity index (χ0v) is 65.8. The Morgan fingerprint density at radius 2 is 0.510 bits per heavy atom. The van der Waals surface area contributed by atoms with Gasteiger partial charge in [-0.25, -0.2) is 9.13 Å². The molecule has 0 rings (SSSR count). The molecule has 586 valence electrons. The molecule has 102 heavy (non-hydrogen) atoms. The Kier molecular flexibility index (Phi) is 71.4. The standard InChI is InChI=1S/C83H142O17P2/c1-5-9-13-17-21-25-29-33-37-38-42-44-48-52-56-60-64-68-81(86)94-74-79(100-83(88)70-66-62-58-54-50-46-41-36-32-28-24-20-16-12-8-4)76-98-102(91,92)96-72-77(84)71-95-101(89,90)97-75-78(99-82(87)69-65-61-57-53-49-45-40-35-31-27-23-19-15-11-7-3)73-93-80(85)67-63-59-55-51-47-43-39-34-30-26-22-18-14-10-6-2/h9,12-13,16,21-22,24-26,28,33-34,36-37,39,41-42,44,50,54,77-79,84H,5-8,10-11,14-15,17-20,23,27,29-32,35,38,40,43,45-49,51-53,55-76H2,1-4H3,(H,89,90)(H,91,92)/b13-9-,16-12-,25-21-,26-22-,28-24-,37-33-,39-34-,41-36-,44-42-,54-50-. The minimum atomic E-state index is -5.00. The maximum Gasteiger partial charge on any atom is 0.472 e. The Labute approximate surface area is 619 Å². The highest BCUT2D eigenvalue weighted by molar-refractivity contribution is 7.47. The molecule has 0 amide bonds. The highest BCUT2D eigenvalue weighted by atomic mass is 31.2. The van der Waals surface area contributed by atoms with Gasteiger partial charge in [-0.3, -0.25) is 37.3 Å². The van der Waals surface area contributed by atoms with Crippen LogP contribution in [0.25, 0.3) is 0 Å². The van der Waals surface area contributed by atoms with Gasteiger partial charge in [-0.15, -0.1) is 0 Å². The lowest BCUT2D eigenvalue weighted by atomic mass is 10.0. The number of hydrogen-bond donors (Lipinski definition) is 3. The number of ether oxygens (including phenoxy) is 4. The van der Waals surface area contributed by atoms with Crippen LogP contribution in [0.15, 0.2) is 122 Å². The molecule has 0 bridgehead atoms. The predicted octanol–water partition coefficient (Wildman–Crippen LogP) is 23.1. The first-order valence-corrected chi connectivity index (χ1v) is 42.8. The van der Waals surface area contributed by atoms with E-state index in [0.717, 1.165) is 154 Å². The topological polar surface area (TPSA) is 237 Å². The highest BCUT2D eigenvalue weighted by Crippen LogP contribution is 2.45. The molecular formula is C83H142O17P2. The molecule has 0 aliphatic rings. The summed E-state index contributed by atoms with van der Waals surface area (Å²) in [5.74, 6) is -2.26. The van der Waals surface area contributed by atoms with Crippen LogP contribution >= 0.6 is 15.6 Å². The molecule has 0 aromatic carbocycles. The molecule has 0 aliphatic heterocycles. The second kappa shape index (κ2) is 74.7. The molecule has 0 radical (unpaired) electrons. The molecule has 0 saturated carbocycles. The molecule has 0 spiro atoms. The van der Waals surface area contributed by atoms with Crippen LogP contribution in [0, 0.1) is 0 Å². The first-order valence-electron chi connectivity index (χ1n) is 39.8. The van der Waals surface area contributed by atoms with E-state index in [-0.39, 0.29) is 25.7 Å². The zero-order chi connectivity index (χ0) is 74.6. The van der Waals surface area contributed by atoms with Crippen molar-refractivity contribution in [2.45, 2.75) is 341 Å². The summed E-state index contributed by atoms with van der Waals surface area (Å²) >= 11 is 0. The highest BCUT2D eigenvalue weighted by Gasteiger charge is 2.30. The normalized spacial score (nSPS) is 14.5. The van der Waals surface area contributed by atoms with Crippen LogP contribution in [0.3, 0.4) is 0 Å². The molecule has 0 aromatic heterocycles. The van der Waals surface area contributed by atoms with Crippen molar-refractivity contribution in [1.29, 1.82) is 0 Å². The Morgan fingerprint density at radius 3 is 0.824 bits per heavy atom. The summed E-state index contributed by atoms with van der Waals surface area (Å²) in [6.07, 6.45) is 81.8. The molecule has 0 aromatic rings. The summed E-state index contributed by atoms with van der Waals surface area (Å²) in [5.41, 5.74) is 0. The SMILES string of the molecule is CC/C=C\C/C=C\C/C=C\C/C=C\CCCCCCC(=O)OCC(COP(=O)(O)OCC(O)COP(=O)(O)OCC(COC(=O)CCCCCCC/C=C\C/C=C\CCCCC)OC(=O)CCCCCCCCCCCCCCCCC)OC(=O)CCCC/C=C\C/C=C\C/C=C\C/C=C\CC. The van der Waals surface area contributed by atoms with Crippen LogP contribution in [0.5, 0.6) is 0 Å². The number of rotatable bonds is 74. The largest absolute Gasteiger partial charge is 0.472 e. The Morgan fingerprint density at radius 1 is 0.284 bits per heavy atom. The first-order chi connectivity index (χ1) is 49.7. The third-order valence-corrected chi connectivity index (χ3v) is 18.3. The number of esters is 4. The van der Waals surface area contributed by atoms with E-state index in [0.29, 0.717) is 32.1 Å². The summed E-state index contributed by atoms with van der Waals surface area (Å²) < 4.78 is 68.5. The van der Waals surface area contributed by atoms with Crippen LogP contribution in [0.2, 0.25) is 0 Å². The van der Waals surface area contributed by atoms with E-state index in [1.807, 2.05) is 0 Å². The van der Waals surface area contributed by atoms with Gasteiger partial charge in [0.1, 0.15) is 19.3 Å². The predicted molar refractivity (Wildman–Crippen MR) is 418 cm³/mol. The van der Waals surface area contributed by atoms with Crippen molar-refractivity contribution in [3.63, 3.8) is 0 Å². The van der Waals surface area contributed by atoms with Gasteiger partial charge in [-0.1, -0.05) is 284 Å². The molecular weight excluding hydrogens is 1330 g/mol. The van der Waals surface area contributed by atoms with Gasteiger partial charge in [0.15, 0.2) is 12.2 Å². The molecule has 0 heterocycles. The van der Waals surface area contributed by atoms with Gasteiger partial charge in [0, 0.05) is 25.7 Å². The van der Waals surface area contributed by atoms with Crippen molar-refractivity contribution in [3.05, 3.63) is 122 Å². The fourth-order valence-electron chi connectivity index (χ4n) is 10.4. The minimum Gasteiger partial charge on any atom is -0.462 e. The van der Waals surface area contributed by atoms with E-state index in [1.54, 1.807) is 0 Å². The zero-order valence-electron chi connectivity index (χ0n) is 64.0. The number of allylic oxidation sites excluding steroid dienone is 20. The number of phosphoric acid groups is 2. The van der Waals surface area contributed by atoms with Crippen LogP contribution in [0.4, 0.5) is 0 Å². The summed E-state index contributed by atoms with van der Waals surface area (Å²) in [7, 11) is -9.98.